The van der Waals surface area contributed by atoms with E-state index in [4.69, 9.17) is 24.3 Å². The van der Waals surface area contributed by atoms with Crippen LogP contribution in [0.25, 0.3) is 11.4 Å². The summed E-state index contributed by atoms with van der Waals surface area (Å²) < 4.78 is 20.9. The minimum absolute atomic E-state index is 0.00716. The van der Waals surface area contributed by atoms with E-state index in [2.05, 4.69) is 18.9 Å². The molecular formula is C19H29N5O3. The van der Waals surface area contributed by atoms with Crippen LogP contribution in [0.3, 0.4) is 0 Å². The van der Waals surface area contributed by atoms with E-state index in [0.29, 0.717) is 32.3 Å². The van der Waals surface area contributed by atoms with Gasteiger partial charge in [0.15, 0.2) is 11.6 Å². The first-order chi connectivity index (χ1) is 13.3. The van der Waals surface area contributed by atoms with Gasteiger partial charge in [-0.05, 0) is 26.2 Å². The maximum Gasteiger partial charge on any atom is 0.161 e. The lowest BCUT2D eigenvalue weighted by Crippen LogP contribution is -2.32. The molecule has 0 saturated carbocycles. The second kappa shape index (κ2) is 8.50. The van der Waals surface area contributed by atoms with Crippen molar-refractivity contribution in [2.45, 2.75) is 58.2 Å². The maximum atomic E-state index is 5.85. The van der Waals surface area contributed by atoms with Gasteiger partial charge >= 0.3 is 0 Å². The summed E-state index contributed by atoms with van der Waals surface area (Å²) in [5.74, 6) is 2.14. The van der Waals surface area contributed by atoms with Crippen LogP contribution in [0.2, 0.25) is 0 Å². The molecule has 0 unspecified atom stereocenters. The van der Waals surface area contributed by atoms with E-state index in [1.807, 2.05) is 15.6 Å². The largest absolute Gasteiger partial charge is 0.381 e. The Bertz CT molecular complexity index is 745. The van der Waals surface area contributed by atoms with E-state index in [9.17, 15) is 0 Å². The Hall–Kier alpha value is -1.77. The highest BCUT2D eigenvalue weighted by Crippen LogP contribution is 2.29. The molecule has 2 aromatic rings. The van der Waals surface area contributed by atoms with Crippen molar-refractivity contribution in [1.82, 2.24) is 24.5 Å². The third-order valence-electron chi connectivity index (χ3n) is 5.32. The fourth-order valence-electron chi connectivity index (χ4n) is 3.75. The normalized spacial score (nSPS) is 21.6. The van der Waals surface area contributed by atoms with Crippen molar-refractivity contribution < 1.29 is 14.2 Å². The van der Waals surface area contributed by atoms with Crippen LogP contribution < -0.4 is 0 Å². The number of hydrogen-bond donors (Lipinski definition) is 0. The van der Waals surface area contributed by atoms with Crippen molar-refractivity contribution in [1.29, 1.82) is 0 Å². The van der Waals surface area contributed by atoms with Gasteiger partial charge in [-0.2, -0.15) is 10.2 Å². The van der Waals surface area contributed by atoms with Crippen molar-refractivity contribution in [2.24, 2.45) is 0 Å². The van der Waals surface area contributed by atoms with Gasteiger partial charge < -0.3 is 14.2 Å². The highest BCUT2D eigenvalue weighted by Gasteiger charge is 2.26. The summed E-state index contributed by atoms with van der Waals surface area (Å²) >= 11 is 0. The topological polar surface area (TPSA) is 76.2 Å². The van der Waals surface area contributed by atoms with Gasteiger partial charge in [0.1, 0.15) is 6.10 Å². The number of aryl methyl sites for hydroxylation is 1. The second-order valence-corrected chi connectivity index (χ2v) is 7.30. The average molecular weight is 375 g/mol. The highest BCUT2D eigenvalue weighted by molar-refractivity contribution is 5.57. The molecule has 0 radical (unpaired) electrons. The summed E-state index contributed by atoms with van der Waals surface area (Å²) in [6.45, 7) is 9.27. The summed E-state index contributed by atoms with van der Waals surface area (Å²) in [6.07, 6.45) is 4.92. The van der Waals surface area contributed by atoms with Gasteiger partial charge in [0.05, 0.1) is 38.1 Å². The molecule has 0 N–H and O–H groups in total. The lowest BCUT2D eigenvalue weighted by atomic mass is 10.00. The molecular weight excluding hydrogens is 346 g/mol. The monoisotopic (exact) mass is 375 g/mol. The first kappa shape index (κ1) is 18.6. The molecule has 0 aliphatic carbocycles. The molecule has 2 saturated heterocycles. The number of nitrogens with zero attached hydrogens (tertiary/aromatic N) is 5. The zero-order valence-electron chi connectivity index (χ0n) is 16.3. The summed E-state index contributed by atoms with van der Waals surface area (Å²) in [5.41, 5.74) is 2.18. The number of rotatable bonds is 6. The minimum atomic E-state index is 0.00716. The average Bonchev–Trinajstić information content (AvgIpc) is 3.27. The predicted molar refractivity (Wildman–Crippen MR) is 99.6 cm³/mol. The van der Waals surface area contributed by atoms with E-state index >= 15 is 0 Å². The van der Waals surface area contributed by atoms with Crippen LogP contribution in [0.5, 0.6) is 0 Å². The zero-order chi connectivity index (χ0) is 18.6. The van der Waals surface area contributed by atoms with E-state index in [1.54, 1.807) is 0 Å². The molecule has 0 spiro atoms. The van der Waals surface area contributed by atoms with Crippen LogP contribution in [0.4, 0.5) is 0 Å². The Morgan fingerprint density at radius 2 is 1.96 bits per heavy atom. The van der Waals surface area contributed by atoms with Crippen LogP contribution in [0, 0.1) is 6.92 Å². The molecule has 4 rings (SSSR count). The van der Waals surface area contributed by atoms with E-state index in [-0.39, 0.29) is 6.10 Å². The molecule has 2 aromatic heterocycles. The molecule has 148 valence electrons. The number of aromatic nitrogens is 5. The Morgan fingerprint density at radius 3 is 2.70 bits per heavy atom. The molecule has 8 heteroatoms. The second-order valence-electron chi connectivity index (χ2n) is 7.30. The van der Waals surface area contributed by atoms with E-state index < -0.39 is 0 Å². The third kappa shape index (κ3) is 4.07. The van der Waals surface area contributed by atoms with Gasteiger partial charge in [0.2, 0.25) is 0 Å². The molecule has 1 atom stereocenters. The Balaban J connectivity index is 1.65. The molecule has 2 fully saturated rings. The molecule has 4 heterocycles. The lowest BCUT2D eigenvalue weighted by molar-refractivity contribution is -0.0945. The quantitative estimate of drug-likeness (QED) is 0.770. The van der Waals surface area contributed by atoms with Crippen molar-refractivity contribution in [3.63, 3.8) is 0 Å². The van der Waals surface area contributed by atoms with Crippen molar-refractivity contribution in [3.8, 4) is 11.4 Å². The fourth-order valence-corrected chi connectivity index (χ4v) is 3.75. The van der Waals surface area contributed by atoms with Crippen LogP contribution in [-0.2, 0) is 27.3 Å². The third-order valence-corrected chi connectivity index (χ3v) is 5.32. The molecule has 0 amide bonds. The van der Waals surface area contributed by atoms with Gasteiger partial charge in [-0.3, -0.25) is 4.68 Å². The standard InChI is InChI=1S/C19H29N5O3/c1-3-6-23-14(2)17(11-20-23)19-21-18(15-4-7-25-8-5-15)22-24(19)12-16-13-26-9-10-27-16/h11,15-16H,3-10,12-13H2,1-2H3/t16-/m1/s1. The van der Waals surface area contributed by atoms with Gasteiger partial charge in [-0.15, -0.1) is 0 Å². The van der Waals surface area contributed by atoms with Crippen molar-refractivity contribution >= 4 is 0 Å². The lowest BCUT2D eigenvalue weighted by Gasteiger charge is -2.23. The van der Waals surface area contributed by atoms with Crippen molar-refractivity contribution in [3.05, 3.63) is 17.7 Å². The van der Waals surface area contributed by atoms with Gasteiger partial charge in [0, 0.05) is 31.4 Å². The Kier molecular flexibility index (Phi) is 5.85. The van der Waals surface area contributed by atoms with E-state index in [1.165, 1.54) is 0 Å². The summed E-state index contributed by atoms with van der Waals surface area (Å²) in [6, 6.07) is 0. The molecule has 2 aliphatic heterocycles. The summed E-state index contributed by atoms with van der Waals surface area (Å²) in [7, 11) is 0. The Labute approximate surface area is 159 Å². The van der Waals surface area contributed by atoms with Crippen LogP contribution in [-0.4, -0.2) is 63.7 Å². The van der Waals surface area contributed by atoms with Crippen LogP contribution >= 0.6 is 0 Å². The smallest absolute Gasteiger partial charge is 0.161 e. The van der Waals surface area contributed by atoms with Crippen molar-refractivity contribution in [2.75, 3.05) is 33.0 Å². The molecule has 27 heavy (non-hydrogen) atoms. The Morgan fingerprint density at radius 1 is 1.11 bits per heavy atom. The summed E-state index contributed by atoms with van der Waals surface area (Å²) in [5, 5.41) is 9.43. The minimum Gasteiger partial charge on any atom is -0.381 e. The predicted octanol–water partition coefficient (Wildman–Crippen LogP) is 2.17. The highest BCUT2D eigenvalue weighted by atomic mass is 16.6. The maximum absolute atomic E-state index is 5.85. The molecule has 2 aliphatic rings. The van der Waals surface area contributed by atoms with E-state index in [0.717, 1.165) is 61.9 Å². The molecule has 8 nitrogen and oxygen atoms in total. The summed E-state index contributed by atoms with van der Waals surface area (Å²) in [4.78, 5) is 4.95. The van der Waals surface area contributed by atoms with Gasteiger partial charge in [-0.25, -0.2) is 9.67 Å². The van der Waals surface area contributed by atoms with Crippen LogP contribution in [0.15, 0.2) is 6.20 Å². The number of ether oxygens (including phenoxy) is 3. The zero-order valence-corrected chi connectivity index (χ0v) is 16.3. The molecule has 0 aromatic carbocycles. The van der Waals surface area contributed by atoms with Gasteiger partial charge in [0.25, 0.3) is 0 Å². The number of hydrogen-bond acceptors (Lipinski definition) is 6. The van der Waals surface area contributed by atoms with Gasteiger partial charge in [-0.1, -0.05) is 6.92 Å². The first-order valence-electron chi connectivity index (χ1n) is 10.0. The molecule has 0 bridgehead atoms. The van der Waals surface area contributed by atoms with Crippen LogP contribution in [0.1, 0.15) is 43.6 Å². The fraction of sp³-hybridized carbons (Fsp3) is 0.737. The SMILES string of the molecule is CCCn1ncc(-c2nc(C3CCOCC3)nn2C[C@@H]2COCCO2)c1C. The first-order valence-corrected chi connectivity index (χ1v) is 10.0.